The third-order valence-corrected chi connectivity index (χ3v) is 4.69. The molecule has 2 unspecified atom stereocenters. The molecular weight excluding hydrogens is 316 g/mol. The Morgan fingerprint density at radius 1 is 1.43 bits per heavy atom. The molecule has 1 heterocycles. The Labute approximate surface area is 133 Å². The highest BCUT2D eigenvalue weighted by molar-refractivity contribution is 6.35. The Morgan fingerprint density at radius 2 is 2.14 bits per heavy atom. The van der Waals surface area contributed by atoms with E-state index in [4.69, 9.17) is 28.3 Å². The lowest BCUT2D eigenvalue weighted by molar-refractivity contribution is -0.139. The van der Waals surface area contributed by atoms with Gasteiger partial charge in [-0.3, -0.25) is 9.69 Å². The van der Waals surface area contributed by atoms with Crippen LogP contribution in [0.15, 0.2) is 12.1 Å². The first-order valence-corrected chi connectivity index (χ1v) is 7.77. The molecule has 1 aliphatic heterocycles. The standard InChI is InChI=1S/C15H18Cl2FNO2/c1-9(11-7-14(18)13(17)8-12(11)16)19-5-3-2-4-10(19)6-15(20)21/h7-10H,2-6H2,1H3,(H,20,21). The number of aliphatic carboxylic acids is 1. The van der Waals surface area contributed by atoms with Crippen LogP contribution in [0.5, 0.6) is 0 Å². The summed E-state index contributed by atoms with van der Waals surface area (Å²) in [5.41, 5.74) is 0.649. The van der Waals surface area contributed by atoms with Crippen molar-refractivity contribution in [2.75, 3.05) is 6.54 Å². The maximum Gasteiger partial charge on any atom is 0.304 e. The number of carboxylic acid groups (broad SMARTS) is 1. The van der Waals surface area contributed by atoms with Crippen molar-refractivity contribution in [3.05, 3.63) is 33.6 Å². The maximum atomic E-state index is 13.7. The van der Waals surface area contributed by atoms with Crippen LogP contribution in [0.3, 0.4) is 0 Å². The molecule has 1 fully saturated rings. The molecular formula is C15H18Cl2FNO2. The highest BCUT2D eigenvalue weighted by Gasteiger charge is 2.30. The topological polar surface area (TPSA) is 40.5 Å². The highest BCUT2D eigenvalue weighted by Crippen LogP contribution is 2.35. The molecule has 3 nitrogen and oxygen atoms in total. The molecule has 116 valence electrons. The molecule has 1 saturated heterocycles. The fourth-order valence-corrected chi connectivity index (χ4v) is 3.53. The van der Waals surface area contributed by atoms with Crippen LogP contribution in [-0.2, 0) is 4.79 Å². The fourth-order valence-electron chi connectivity index (χ4n) is 2.99. The SMILES string of the molecule is CC(c1cc(F)c(Cl)cc1Cl)N1CCCCC1CC(=O)O. The molecule has 0 bridgehead atoms. The third-order valence-electron chi connectivity index (χ3n) is 4.07. The van der Waals surface area contributed by atoms with E-state index in [2.05, 4.69) is 4.90 Å². The van der Waals surface area contributed by atoms with Gasteiger partial charge in [-0.2, -0.15) is 0 Å². The van der Waals surface area contributed by atoms with Crippen LogP contribution in [0.2, 0.25) is 10.0 Å². The van der Waals surface area contributed by atoms with Crippen molar-refractivity contribution in [3.8, 4) is 0 Å². The van der Waals surface area contributed by atoms with Crippen molar-refractivity contribution in [3.63, 3.8) is 0 Å². The van der Waals surface area contributed by atoms with Crippen molar-refractivity contribution >= 4 is 29.2 Å². The van der Waals surface area contributed by atoms with Gasteiger partial charge in [-0.25, -0.2) is 4.39 Å². The van der Waals surface area contributed by atoms with Crippen LogP contribution in [0.1, 0.15) is 44.2 Å². The lowest BCUT2D eigenvalue weighted by Gasteiger charge is -2.39. The van der Waals surface area contributed by atoms with Gasteiger partial charge in [-0.1, -0.05) is 29.6 Å². The fraction of sp³-hybridized carbons (Fsp3) is 0.533. The van der Waals surface area contributed by atoms with Crippen LogP contribution in [0.4, 0.5) is 4.39 Å². The molecule has 0 radical (unpaired) electrons. The summed E-state index contributed by atoms with van der Waals surface area (Å²) in [4.78, 5) is 13.1. The number of hydrogen-bond acceptors (Lipinski definition) is 2. The monoisotopic (exact) mass is 333 g/mol. The molecule has 2 rings (SSSR count). The predicted octanol–water partition coefficient (Wildman–Crippen LogP) is 4.52. The zero-order chi connectivity index (χ0) is 15.6. The van der Waals surface area contributed by atoms with Gasteiger partial charge in [-0.15, -0.1) is 0 Å². The van der Waals surface area contributed by atoms with Crippen LogP contribution in [0.25, 0.3) is 0 Å². The number of piperidine rings is 1. The summed E-state index contributed by atoms with van der Waals surface area (Å²) in [6.45, 7) is 2.72. The summed E-state index contributed by atoms with van der Waals surface area (Å²) in [5, 5.41) is 9.45. The van der Waals surface area contributed by atoms with Crippen LogP contribution < -0.4 is 0 Å². The maximum absolute atomic E-state index is 13.7. The van der Waals surface area contributed by atoms with E-state index in [0.29, 0.717) is 10.6 Å². The van der Waals surface area contributed by atoms with Crippen molar-refractivity contribution in [2.24, 2.45) is 0 Å². The first kappa shape index (κ1) is 16.5. The van der Waals surface area contributed by atoms with Gasteiger partial charge in [0.1, 0.15) is 5.82 Å². The Morgan fingerprint density at radius 3 is 2.81 bits per heavy atom. The minimum atomic E-state index is -0.813. The van der Waals surface area contributed by atoms with E-state index in [-0.39, 0.29) is 23.5 Å². The van der Waals surface area contributed by atoms with E-state index >= 15 is 0 Å². The number of benzene rings is 1. The Kier molecular flexibility index (Phi) is 5.47. The average molecular weight is 334 g/mol. The molecule has 0 aromatic heterocycles. The van der Waals surface area contributed by atoms with Crippen molar-refractivity contribution in [1.82, 2.24) is 4.90 Å². The molecule has 0 spiro atoms. The Balaban J connectivity index is 2.26. The largest absolute Gasteiger partial charge is 0.481 e. The number of halogens is 3. The molecule has 2 atom stereocenters. The zero-order valence-corrected chi connectivity index (χ0v) is 13.3. The molecule has 0 saturated carbocycles. The number of likely N-dealkylation sites (tertiary alicyclic amines) is 1. The van der Waals surface area contributed by atoms with E-state index in [1.54, 1.807) is 0 Å². The van der Waals surface area contributed by atoms with E-state index in [0.717, 1.165) is 25.8 Å². The Bertz CT molecular complexity index is 539. The molecule has 21 heavy (non-hydrogen) atoms. The average Bonchev–Trinajstić information content (AvgIpc) is 2.42. The molecule has 1 N–H and O–H groups in total. The quantitative estimate of drug-likeness (QED) is 0.823. The summed E-state index contributed by atoms with van der Waals surface area (Å²) < 4.78 is 13.7. The van der Waals surface area contributed by atoms with Gasteiger partial charge in [-0.05, 0) is 44.0 Å². The summed E-state index contributed by atoms with van der Waals surface area (Å²) in [6.07, 6.45) is 2.96. The van der Waals surface area contributed by atoms with Crippen molar-refractivity contribution < 1.29 is 14.3 Å². The molecule has 1 aromatic rings. The van der Waals surface area contributed by atoms with Gasteiger partial charge in [0.2, 0.25) is 0 Å². The number of hydrogen-bond donors (Lipinski definition) is 1. The summed E-state index contributed by atoms with van der Waals surface area (Å²) >= 11 is 11.9. The zero-order valence-electron chi connectivity index (χ0n) is 11.8. The van der Waals surface area contributed by atoms with Gasteiger partial charge < -0.3 is 5.11 Å². The minimum Gasteiger partial charge on any atom is -0.481 e. The smallest absolute Gasteiger partial charge is 0.304 e. The lowest BCUT2D eigenvalue weighted by Crippen LogP contribution is -2.42. The van der Waals surface area contributed by atoms with Gasteiger partial charge >= 0.3 is 5.97 Å². The summed E-state index contributed by atoms with van der Waals surface area (Å²) in [5.74, 6) is -1.32. The van der Waals surface area contributed by atoms with Gasteiger partial charge in [0.25, 0.3) is 0 Å². The normalized spacial score (nSPS) is 21.2. The van der Waals surface area contributed by atoms with Crippen LogP contribution in [0, 0.1) is 5.82 Å². The van der Waals surface area contributed by atoms with E-state index in [1.165, 1.54) is 12.1 Å². The van der Waals surface area contributed by atoms with Gasteiger partial charge in [0.05, 0.1) is 11.4 Å². The molecule has 0 amide bonds. The molecule has 0 aliphatic carbocycles. The minimum absolute atomic E-state index is 0.00307. The number of nitrogens with zero attached hydrogens (tertiary/aromatic N) is 1. The number of carboxylic acids is 1. The third kappa shape index (κ3) is 3.87. The summed E-state index contributed by atoms with van der Waals surface area (Å²) in [6, 6.07) is 2.57. The van der Waals surface area contributed by atoms with Gasteiger partial charge in [0.15, 0.2) is 0 Å². The van der Waals surface area contributed by atoms with Crippen molar-refractivity contribution in [2.45, 2.75) is 44.7 Å². The van der Waals surface area contributed by atoms with Crippen LogP contribution >= 0.6 is 23.2 Å². The predicted molar refractivity (Wildman–Crippen MR) is 81.4 cm³/mol. The van der Waals surface area contributed by atoms with Crippen LogP contribution in [-0.4, -0.2) is 28.6 Å². The number of rotatable bonds is 4. The van der Waals surface area contributed by atoms with E-state index in [9.17, 15) is 9.18 Å². The highest BCUT2D eigenvalue weighted by atomic mass is 35.5. The first-order chi connectivity index (χ1) is 9.90. The second kappa shape index (κ2) is 6.95. The van der Waals surface area contributed by atoms with Crippen molar-refractivity contribution in [1.29, 1.82) is 0 Å². The summed E-state index contributed by atoms with van der Waals surface area (Å²) in [7, 11) is 0. The second-order valence-electron chi connectivity index (χ2n) is 5.45. The van der Waals surface area contributed by atoms with E-state index < -0.39 is 11.8 Å². The molecule has 6 heteroatoms. The Hall–Kier alpha value is -0.840. The first-order valence-electron chi connectivity index (χ1n) is 7.02. The molecule has 1 aromatic carbocycles. The lowest BCUT2D eigenvalue weighted by atomic mass is 9.95. The second-order valence-corrected chi connectivity index (χ2v) is 6.26. The number of carbonyl (C=O) groups is 1. The molecule has 1 aliphatic rings. The van der Waals surface area contributed by atoms with Gasteiger partial charge in [0, 0.05) is 17.1 Å². The van der Waals surface area contributed by atoms with E-state index in [1.807, 2.05) is 6.92 Å².